The van der Waals surface area contributed by atoms with Gasteiger partial charge in [0.25, 0.3) is 0 Å². The molecule has 0 aliphatic carbocycles. The maximum atomic E-state index is 13.3. The van der Waals surface area contributed by atoms with Gasteiger partial charge in [-0.2, -0.15) is 0 Å². The Kier molecular flexibility index (Phi) is 3.96. The Bertz CT molecular complexity index is 864. The summed E-state index contributed by atoms with van der Waals surface area (Å²) in [4.78, 5) is 13.7. The van der Waals surface area contributed by atoms with Crippen LogP contribution in [0.5, 0.6) is 0 Å². The van der Waals surface area contributed by atoms with Crippen molar-refractivity contribution in [3.05, 3.63) is 41.3 Å². The van der Waals surface area contributed by atoms with Gasteiger partial charge in [0, 0.05) is 23.5 Å². The zero-order chi connectivity index (χ0) is 16.7. The number of rotatable bonds is 2. The molecular weight excluding hydrogens is 321 g/mol. The van der Waals surface area contributed by atoms with Gasteiger partial charge in [-0.05, 0) is 43.4 Å². The number of aromatic nitrogens is 2. The molecule has 124 valence electrons. The van der Waals surface area contributed by atoms with E-state index in [1.165, 1.54) is 29.9 Å². The van der Waals surface area contributed by atoms with E-state index in [0.717, 1.165) is 46.2 Å². The van der Waals surface area contributed by atoms with E-state index in [9.17, 15) is 4.39 Å². The van der Waals surface area contributed by atoms with Crippen molar-refractivity contribution in [3.8, 4) is 11.1 Å². The summed E-state index contributed by atoms with van der Waals surface area (Å²) < 4.78 is 13.3. The van der Waals surface area contributed by atoms with Gasteiger partial charge in [0.15, 0.2) is 0 Å². The summed E-state index contributed by atoms with van der Waals surface area (Å²) in [6, 6.07) is 6.73. The lowest BCUT2D eigenvalue weighted by Crippen LogP contribution is -2.33. The standard InChI is InChI=1S/C19H20FN3S/c1-12-7-9-23(10-8-12)18-17-16(14-3-5-15(20)6-4-14)13(2)24-19(17)22-11-21-18/h3-6,11-12H,7-10H2,1-2H3. The molecule has 0 N–H and O–H groups in total. The van der Waals surface area contributed by atoms with Gasteiger partial charge >= 0.3 is 0 Å². The molecule has 3 nitrogen and oxygen atoms in total. The van der Waals surface area contributed by atoms with E-state index >= 15 is 0 Å². The highest BCUT2D eigenvalue weighted by molar-refractivity contribution is 7.19. The minimum Gasteiger partial charge on any atom is -0.356 e. The molecule has 2 aromatic heterocycles. The van der Waals surface area contributed by atoms with Crippen molar-refractivity contribution in [1.29, 1.82) is 0 Å². The molecule has 1 aromatic carbocycles. The highest BCUT2D eigenvalue weighted by Gasteiger charge is 2.23. The number of benzene rings is 1. The van der Waals surface area contributed by atoms with Gasteiger partial charge in [-0.3, -0.25) is 0 Å². The van der Waals surface area contributed by atoms with E-state index in [2.05, 4.69) is 28.7 Å². The van der Waals surface area contributed by atoms with E-state index in [-0.39, 0.29) is 5.82 Å². The third kappa shape index (κ3) is 2.67. The molecule has 0 unspecified atom stereocenters. The predicted molar refractivity (Wildman–Crippen MR) is 98.2 cm³/mol. The summed E-state index contributed by atoms with van der Waals surface area (Å²) in [7, 11) is 0. The summed E-state index contributed by atoms with van der Waals surface area (Å²) in [5, 5.41) is 1.11. The first-order valence-electron chi connectivity index (χ1n) is 8.38. The SMILES string of the molecule is Cc1sc2ncnc(N3CCC(C)CC3)c2c1-c1ccc(F)cc1. The van der Waals surface area contributed by atoms with E-state index in [0.29, 0.717) is 0 Å². The monoisotopic (exact) mass is 341 g/mol. The van der Waals surface area contributed by atoms with Crippen LogP contribution in [0.2, 0.25) is 0 Å². The summed E-state index contributed by atoms with van der Waals surface area (Å²) in [5.74, 6) is 1.59. The number of halogens is 1. The third-order valence-electron chi connectivity index (χ3n) is 4.86. The number of aryl methyl sites for hydroxylation is 1. The maximum absolute atomic E-state index is 13.3. The Labute approximate surface area is 145 Å². The number of thiophene rings is 1. The molecule has 0 atom stereocenters. The van der Waals surface area contributed by atoms with Gasteiger partial charge in [0.2, 0.25) is 0 Å². The average molecular weight is 341 g/mol. The van der Waals surface area contributed by atoms with E-state index < -0.39 is 0 Å². The van der Waals surface area contributed by atoms with E-state index in [4.69, 9.17) is 0 Å². The van der Waals surface area contributed by atoms with Gasteiger partial charge in [0.1, 0.15) is 22.8 Å². The second kappa shape index (κ2) is 6.13. The summed E-state index contributed by atoms with van der Waals surface area (Å²) >= 11 is 1.68. The van der Waals surface area contributed by atoms with Gasteiger partial charge in [-0.1, -0.05) is 19.1 Å². The van der Waals surface area contributed by atoms with Crippen molar-refractivity contribution in [2.45, 2.75) is 26.7 Å². The molecule has 5 heteroatoms. The molecule has 3 heterocycles. The Morgan fingerprint density at radius 2 is 1.83 bits per heavy atom. The molecule has 0 bridgehead atoms. The van der Waals surface area contributed by atoms with Crippen LogP contribution in [-0.4, -0.2) is 23.1 Å². The molecule has 0 saturated carbocycles. The fourth-order valence-electron chi connectivity index (χ4n) is 3.45. The first-order valence-corrected chi connectivity index (χ1v) is 9.20. The first kappa shape index (κ1) is 15.5. The minimum atomic E-state index is -0.211. The molecule has 0 radical (unpaired) electrons. The van der Waals surface area contributed by atoms with Crippen LogP contribution >= 0.6 is 11.3 Å². The van der Waals surface area contributed by atoms with Crippen LogP contribution in [0.1, 0.15) is 24.6 Å². The second-order valence-electron chi connectivity index (χ2n) is 6.59. The number of anilines is 1. The molecular formula is C19H20FN3S. The van der Waals surface area contributed by atoms with Gasteiger partial charge in [-0.25, -0.2) is 14.4 Å². The van der Waals surface area contributed by atoms with Crippen LogP contribution in [0.3, 0.4) is 0 Å². The Balaban J connectivity index is 1.88. The average Bonchev–Trinajstić information content (AvgIpc) is 2.92. The van der Waals surface area contributed by atoms with Crippen molar-refractivity contribution in [2.24, 2.45) is 5.92 Å². The highest BCUT2D eigenvalue weighted by atomic mass is 32.1. The third-order valence-corrected chi connectivity index (χ3v) is 5.87. The molecule has 24 heavy (non-hydrogen) atoms. The maximum Gasteiger partial charge on any atom is 0.141 e. The van der Waals surface area contributed by atoms with Crippen molar-refractivity contribution in [3.63, 3.8) is 0 Å². The van der Waals surface area contributed by atoms with E-state index in [1.54, 1.807) is 17.7 Å². The number of hydrogen-bond acceptors (Lipinski definition) is 4. The van der Waals surface area contributed by atoms with Gasteiger partial charge < -0.3 is 4.90 Å². The molecule has 0 spiro atoms. The lowest BCUT2D eigenvalue weighted by molar-refractivity contribution is 0.437. The molecule has 1 aliphatic rings. The molecule has 1 fully saturated rings. The fraction of sp³-hybridized carbons (Fsp3) is 0.368. The summed E-state index contributed by atoms with van der Waals surface area (Å²) in [6.07, 6.45) is 4.06. The van der Waals surface area contributed by atoms with E-state index in [1.807, 2.05) is 12.1 Å². The molecule has 0 amide bonds. The minimum absolute atomic E-state index is 0.211. The van der Waals surface area contributed by atoms with Crippen molar-refractivity contribution in [2.75, 3.05) is 18.0 Å². The van der Waals surface area contributed by atoms with Crippen molar-refractivity contribution in [1.82, 2.24) is 9.97 Å². The van der Waals surface area contributed by atoms with Crippen LogP contribution in [-0.2, 0) is 0 Å². The second-order valence-corrected chi connectivity index (χ2v) is 7.79. The van der Waals surface area contributed by atoms with Crippen LogP contribution < -0.4 is 4.90 Å². The zero-order valence-corrected chi connectivity index (χ0v) is 14.7. The largest absolute Gasteiger partial charge is 0.356 e. The number of hydrogen-bond donors (Lipinski definition) is 0. The first-order chi connectivity index (χ1) is 11.6. The fourth-order valence-corrected chi connectivity index (χ4v) is 4.46. The molecule has 1 saturated heterocycles. The number of nitrogens with zero attached hydrogens (tertiary/aromatic N) is 3. The van der Waals surface area contributed by atoms with Crippen molar-refractivity contribution >= 4 is 27.4 Å². The van der Waals surface area contributed by atoms with Crippen LogP contribution in [0.4, 0.5) is 10.2 Å². The Morgan fingerprint density at radius 3 is 2.54 bits per heavy atom. The summed E-state index contributed by atoms with van der Waals surface area (Å²) in [5.41, 5.74) is 2.17. The quantitative estimate of drug-likeness (QED) is 0.654. The van der Waals surface area contributed by atoms with Crippen LogP contribution in [0, 0.1) is 18.7 Å². The smallest absolute Gasteiger partial charge is 0.141 e. The van der Waals surface area contributed by atoms with Crippen LogP contribution in [0.25, 0.3) is 21.3 Å². The van der Waals surface area contributed by atoms with Gasteiger partial charge in [-0.15, -0.1) is 11.3 Å². The Hall–Kier alpha value is -2.01. The predicted octanol–water partition coefficient (Wildman–Crippen LogP) is 5.04. The van der Waals surface area contributed by atoms with Gasteiger partial charge in [0.05, 0.1) is 5.39 Å². The lowest BCUT2D eigenvalue weighted by Gasteiger charge is -2.31. The van der Waals surface area contributed by atoms with Crippen molar-refractivity contribution < 1.29 is 4.39 Å². The zero-order valence-electron chi connectivity index (χ0n) is 13.9. The lowest BCUT2D eigenvalue weighted by atomic mass is 9.98. The molecule has 1 aliphatic heterocycles. The normalized spacial score (nSPS) is 16.0. The molecule has 4 rings (SSSR count). The highest BCUT2D eigenvalue weighted by Crippen LogP contribution is 2.41. The topological polar surface area (TPSA) is 29.0 Å². The summed E-state index contributed by atoms with van der Waals surface area (Å²) in [6.45, 7) is 6.48. The number of piperidine rings is 1. The van der Waals surface area contributed by atoms with Crippen LogP contribution in [0.15, 0.2) is 30.6 Å². The molecule has 3 aromatic rings. The number of fused-ring (bicyclic) bond motifs is 1. The Morgan fingerprint density at radius 1 is 1.12 bits per heavy atom.